The molecule has 23 heavy (non-hydrogen) atoms. The molecule has 0 atom stereocenters. The van der Waals surface area contributed by atoms with Crippen molar-refractivity contribution >= 4 is 27.3 Å². The number of carbonyl (C=O) groups is 1. The Morgan fingerprint density at radius 2 is 2.09 bits per heavy atom. The van der Waals surface area contributed by atoms with E-state index < -0.39 is 10.0 Å². The molecule has 0 saturated carbocycles. The number of rotatable bonds is 5. The molecule has 3 rings (SSSR count). The van der Waals surface area contributed by atoms with Gasteiger partial charge in [0.25, 0.3) is 5.91 Å². The summed E-state index contributed by atoms with van der Waals surface area (Å²) < 4.78 is 26.7. The number of aromatic nitrogens is 1. The van der Waals surface area contributed by atoms with Gasteiger partial charge in [-0.15, -0.1) is 11.3 Å². The molecule has 1 aliphatic heterocycles. The van der Waals surface area contributed by atoms with Gasteiger partial charge in [-0.25, -0.2) is 8.42 Å². The molecule has 0 bridgehead atoms. The molecular weight excluding hydrogens is 334 g/mol. The molecular formula is C15H17N3O3S2. The van der Waals surface area contributed by atoms with Crippen LogP contribution in [-0.4, -0.2) is 36.7 Å². The summed E-state index contributed by atoms with van der Waals surface area (Å²) >= 11 is 1.14. The molecule has 3 heterocycles. The minimum absolute atomic E-state index is 0.105. The molecule has 0 aromatic carbocycles. The predicted molar refractivity (Wildman–Crippen MR) is 87.7 cm³/mol. The molecule has 8 heteroatoms. The van der Waals surface area contributed by atoms with Crippen LogP contribution in [0.15, 0.2) is 40.9 Å². The zero-order valence-electron chi connectivity index (χ0n) is 12.4. The quantitative estimate of drug-likeness (QED) is 0.892. The highest BCUT2D eigenvalue weighted by Crippen LogP contribution is 2.27. The smallest absolute Gasteiger partial charge is 0.263 e. The first-order valence-electron chi connectivity index (χ1n) is 7.34. The Hall–Kier alpha value is -1.77. The Kier molecular flexibility index (Phi) is 4.74. The van der Waals surface area contributed by atoms with Gasteiger partial charge in [0.05, 0.1) is 0 Å². The maximum Gasteiger partial charge on any atom is 0.263 e. The highest BCUT2D eigenvalue weighted by molar-refractivity contribution is 7.89. The fraction of sp³-hybridized carbons (Fsp3) is 0.333. The standard InChI is InChI=1S/C15H17N3O3S2/c19-15(17-11-12-4-3-6-16-10-12)14-13(5-9-22-14)23(20,21)18-7-1-2-8-18/h3-6,9-10H,1-2,7-8,11H2,(H,17,19). The summed E-state index contributed by atoms with van der Waals surface area (Å²) in [7, 11) is -3.58. The van der Waals surface area contributed by atoms with Crippen LogP contribution in [0.5, 0.6) is 0 Å². The van der Waals surface area contributed by atoms with E-state index in [0.717, 1.165) is 29.7 Å². The lowest BCUT2D eigenvalue weighted by Gasteiger charge is -2.15. The number of hydrogen-bond acceptors (Lipinski definition) is 5. The second kappa shape index (κ2) is 6.77. The summed E-state index contributed by atoms with van der Waals surface area (Å²) in [6, 6.07) is 5.15. The zero-order chi connectivity index (χ0) is 16.3. The van der Waals surface area contributed by atoms with Crippen molar-refractivity contribution in [3.8, 4) is 0 Å². The Morgan fingerprint density at radius 3 is 2.78 bits per heavy atom. The van der Waals surface area contributed by atoms with E-state index in [1.165, 1.54) is 10.4 Å². The van der Waals surface area contributed by atoms with Crippen molar-refractivity contribution in [1.29, 1.82) is 0 Å². The van der Waals surface area contributed by atoms with Crippen molar-refractivity contribution in [2.24, 2.45) is 0 Å². The van der Waals surface area contributed by atoms with Gasteiger partial charge in [-0.3, -0.25) is 9.78 Å². The largest absolute Gasteiger partial charge is 0.347 e. The van der Waals surface area contributed by atoms with Crippen molar-refractivity contribution in [2.75, 3.05) is 13.1 Å². The summed E-state index contributed by atoms with van der Waals surface area (Å²) in [4.78, 5) is 16.7. The molecule has 2 aromatic heterocycles. The third-order valence-electron chi connectivity index (χ3n) is 3.69. The summed E-state index contributed by atoms with van der Waals surface area (Å²) in [6.07, 6.45) is 5.06. The summed E-state index contributed by atoms with van der Waals surface area (Å²) in [5.74, 6) is -0.373. The molecule has 1 saturated heterocycles. The maximum atomic E-state index is 12.6. The normalized spacial score (nSPS) is 15.7. The molecule has 0 radical (unpaired) electrons. The van der Waals surface area contributed by atoms with E-state index in [2.05, 4.69) is 10.3 Å². The first-order valence-corrected chi connectivity index (χ1v) is 9.66. The SMILES string of the molecule is O=C(NCc1cccnc1)c1sccc1S(=O)(=O)N1CCCC1. The minimum atomic E-state index is -3.58. The fourth-order valence-corrected chi connectivity index (χ4v) is 5.33. The second-order valence-electron chi connectivity index (χ2n) is 5.27. The van der Waals surface area contributed by atoms with Crippen molar-refractivity contribution < 1.29 is 13.2 Å². The number of thiophene rings is 1. The molecule has 1 fully saturated rings. The lowest BCUT2D eigenvalue weighted by atomic mass is 10.3. The summed E-state index contributed by atoms with van der Waals surface area (Å²) in [5.41, 5.74) is 0.862. The number of amides is 1. The molecule has 6 nitrogen and oxygen atoms in total. The molecule has 2 aromatic rings. The summed E-state index contributed by atoms with van der Waals surface area (Å²) in [5, 5.41) is 4.39. The predicted octanol–water partition coefficient (Wildman–Crippen LogP) is 1.86. The van der Waals surface area contributed by atoms with Gasteiger partial charge in [0.1, 0.15) is 9.77 Å². The Bertz CT molecular complexity index is 781. The number of hydrogen-bond donors (Lipinski definition) is 1. The van der Waals surface area contributed by atoms with Gasteiger partial charge >= 0.3 is 0 Å². The van der Waals surface area contributed by atoms with E-state index in [4.69, 9.17) is 0 Å². The Balaban J connectivity index is 1.76. The van der Waals surface area contributed by atoms with E-state index in [0.29, 0.717) is 19.6 Å². The van der Waals surface area contributed by atoms with Gasteiger partial charge in [-0.05, 0) is 35.9 Å². The zero-order valence-corrected chi connectivity index (χ0v) is 14.1. The number of carbonyl (C=O) groups excluding carboxylic acids is 1. The highest BCUT2D eigenvalue weighted by Gasteiger charge is 2.31. The van der Waals surface area contributed by atoms with Crippen LogP contribution < -0.4 is 5.32 Å². The Labute approximate surface area is 139 Å². The van der Waals surface area contributed by atoms with Crippen molar-refractivity contribution in [2.45, 2.75) is 24.3 Å². The summed E-state index contributed by atoms with van der Waals surface area (Å²) in [6.45, 7) is 1.36. The number of nitrogens with one attached hydrogen (secondary N) is 1. The first kappa shape index (κ1) is 16.1. The van der Waals surface area contributed by atoms with E-state index in [1.54, 1.807) is 23.8 Å². The molecule has 1 amide bonds. The van der Waals surface area contributed by atoms with Gasteiger partial charge < -0.3 is 5.32 Å². The molecule has 0 unspecified atom stereocenters. The molecule has 0 aliphatic carbocycles. The van der Waals surface area contributed by atoms with Crippen LogP contribution in [0.4, 0.5) is 0 Å². The molecule has 1 N–H and O–H groups in total. The minimum Gasteiger partial charge on any atom is -0.347 e. The number of nitrogens with zero attached hydrogens (tertiary/aromatic N) is 2. The van der Waals surface area contributed by atoms with Crippen LogP contribution in [0.25, 0.3) is 0 Å². The molecule has 122 valence electrons. The number of pyridine rings is 1. The van der Waals surface area contributed by atoms with Gasteiger partial charge in [0.15, 0.2) is 0 Å². The van der Waals surface area contributed by atoms with Crippen LogP contribution in [-0.2, 0) is 16.6 Å². The topological polar surface area (TPSA) is 79.4 Å². The third kappa shape index (κ3) is 3.44. The van der Waals surface area contributed by atoms with Crippen LogP contribution >= 0.6 is 11.3 Å². The van der Waals surface area contributed by atoms with E-state index in [1.807, 2.05) is 6.07 Å². The van der Waals surface area contributed by atoms with Gasteiger partial charge in [0, 0.05) is 32.0 Å². The lowest BCUT2D eigenvalue weighted by Crippen LogP contribution is -2.30. The van der Waals surface area contributed by atoms with E-state index in [-0.39, 0.29) is 15.7 Å². The second-order valence-corrected chi connectivity index (χ2v) is 8.09. The highest BCUT2D eigenvalue weighted by atomic mass is 32.2. The molecule has 0 spiro atoms. The lowest BCUT2D eigenvalue weighted by molar-refractivity contribution is 0.0952. The monoisotopic (exact) mass is 351 g/mol. The van der Waals surface area contributed by atoms with Gasteiger partial charge in [0.2, 0.25) is 10.0 Å². The van der Waals surface area contributed by atoms with Crippen molar-refractivity contribution in [3.05, 3.63) is 46.4 Å². The molecule has 1 aliphatic rings. The van der Waals surface area contributed by atoms with Crippen LogP contribution in [0.3, 0.4) is 0 Å². The van der Waals surface area contributed by atoms with Crippen LogP contribution in [0.2, 0.25) is 0 Å². The third-order valence-corrected chi connectivity index (χ3v) is 6.68. The fourth-order valence-electron chi connectivity index (χ4n) is 2.50. The number of sulfonamides is 1. The van der Waals surface area contributed by atoms with E-state index >= 15 is 0 Å². The van der Waals surface area contributed by atoms with Gasteiger partial charge in [-0.2, -0.15) is 4.31 Å². The van der Waals surface area contributed by atoms with Crippen LogP contribution in [0, 0.1) is 0 Å². The van der Waals surface area contributed by atoms with Gasteiger partial charge in [-0.1, -0.05) is 6.07 Å². The van der Waals surface area contributed by atoms with E-state index in [9.17, 15) is 13.2 Å². The average Bonchev–Trinajstić information content (AvgIpc) is 3.25. The first-order chi connectivity index (χ1) is 11.1. The average molecular weight is 351 g/mol. The van der Waals surface area contributed by atoms with Crippen molar-refractivity contribution in [3.63, 3.8) is 0 Å². The Morgan fingerprint density at radius 1 is 1.30 bits per heavy atom. The van der Waals surface area contributed by atoms with Crippen LogP contribution in [0.1, 0.15) is 28.1 Å². The van der Waals surface area contributed by atoms with Crippen molar-refractivity contribution in [1.82, 2.24) is 14.6 Å². The maximum absolute atomic E-state index is 12.6.